The lowest BCUT2D eigenvalue weighted by atomic mass is 9.97. The summed E-state index contributed by atoms with van der Waals surface area (Å²) in [5.41, 5.74) is 1.65. The molecule has 1 aliphatic heterocycles. The van der Waals surface area contributed by atoms with Gasteiger partial charge >= 0.3 is 5.97 Å². The van der Waals surface area contributed by atoms with Crippen molar-refractivity contribution in [1.29, 1.82) is 0 Å². The maximum atomic E-state index is 11.1. The van der Waals surface area contributed by atoms with Gasteiger partial charge in [-0.15, -0.1) is 0 Å². The summed E-state index contributed by atoms with van der Waals surface area (Å²) in [6.45, 7) is 1.72. The van der Waals surface area contributed by atoms with Crippen molar-refractivity contribution in [2.24, 2.45) is 0 Å². The fourth-order valence-corrected chi connectivity index (χ4v) is 1.86. The average molecular weight is 224 g/mol. The van der Waals surface area contributed by atoms with Crippen LogP contribution < -0.4 is 5.32 Å². The number of benzene rings is 1. The van der Waals surface area contributed by atoms with Crippen LogP contribution in [0.15, 0.2) is 30.3 Å². The molecule has 0 spiro atoms. The Kier molecular flexibility index (Phi) is 2.20. The highest BCUT2D eigenvalue weighted by atomic mass is 35.5. The minimum Gasteiger partial charge on any atom is -0.478 e. The molecule has 2 N–H and O–H groups in total. The summed E-state index contributed by atoms with van der Waals surface area (Å²) in [4.78, 5) is 10.2. The molecule has 0 saturated carbocycles. The van der Waals surface area contributed by atoms with E-state index in [9.17, 15) is 4.79 Å². The van der Waals surface area contributed by atoms with Crippen molar-refractivity contribution in [2.45, 2.75) is 11.9 Å². The third-order valence-corrected chi connectivity index (χ3v) is 2.45. The summed E-state index contributed by atoms with van der Waals surface area (Å²) in [6, 6.07) is 7.21. The van der Waals surface area contributed by atoms with Gasteiger partial charge in [0.1, 0.15) is 5.00 Å². The second-order valence-electron chi connectivity index (χ2n) is 3.61. The summed E-state index contributed by atoms with van der Waals surface area (Å²) in [5.74, 6) is -0.962. The molecule has 1 aromatic rings. The van der Waals surface area contributed by atoms with E-state index >= 15 is 0 Å². The number of fused-ring (bicyclic) bond motifs is 1. The van der Waals surface area contributed by atoms with Gasteiger partial charge in [0.25, 0.3) is 0 Å². The van der Waals surface area contributed by atoms with Gasteiger partial charge < -0.3 is 10.4 Å². The third-order valence-electron chi connectivity index (χ3n) is 2.24. The first-order chi connectivity index (χ1) is 6.99. The molecule has 0 aromatic heterocycles. The van der Waals surface area contributed by atoms with E-state index in [0.29, 0.717) is 5.56 Å². The summed E-state index contributed by atoms with van der Waals surface area (Å²) >= 11 is 6.09. The number of carboxylic acid groups (broad SMARTS) is 1. The lowest BCUT2D eigenvalue weighted by Crippen LogP contribution is -2.30. The highest BCUT2D eigenvalue weighted by Gasteiger charge is 2.28. The number of hydrogen-bond acceptors (Lipinski definition) is 2. The fourth-order valence-electron chi connectivity index (χ4n) is 1.65. The van der Waals surface area contributed by atoms with Crippen LogP contribution in [0.25, 0.3) is 5.57 Å². The van der Waals surface area contributed by atoms with Crippen LogP contribution >= 0.6 is 11.6 Å². The summed E-state index contributed by atoms with van der Waals surface area (Å²) < 4.78 is 0. The van der Waals surface area contributed by atoms with Gasteiger partial charge in [-0.2, -0.15) is 0 Å². The quantitative estimate of drug-likeness (QED) is 0.568. The number of alkyl halides is 1. The number of hydrogen-bond donors (Lipinski definition) is 2. The fraction of sp³-hybridized carbons (Fsp3) is 0.182. The standard InChI is InChI=1S/C11H10ClNO2/c1-11(12)6-8(10(14)15)7-4-2-3-5-9(7)13-11/h2-6,13H,1H3,(H,14,15). The van der Waals surface area contributed by atoms with Crippen LogP contribution in [0, 0.1) is 0 Å². The monoisotopic (exact) mass is 223 g/mol. The Hall–Kier alpha value is -1.48. The molecule has 0 amide bonds. The molecule has 1 atom stereocenters. The van der Waals surface area contributed by atoms with Gasteiger partial charge in [0.15, 0.2) is 0 Å². The van der Waals surface area contributed by atoms with E-state index in [-0.39, 0.29) is 5.57 Å². The normalized spacial score (nSPS) is 23.7. The van der Waals surface area contributed by atoms with Gasteiger partial charge in [-0.25, -0.2) is 4.79 Å². The zero-order chi connectivity index (χ0) is 11.1. The lowest BCUT2D eigenvalue weighted by molar-refractivity contribution is -0.130. The highest BCUT2D eigenvalue weighted by molar-refractivity contribution is 6.30. The van der Waals surface area contributed by atoms with Gasteiger partial charge in [0.05, 0.1) is 5.57 Å². The molecular weight excluding hydrogens is 214 g/mol. The topological polar surface area (TPSA) is 49.3 Å². The zero-order valence-electron chi connectivity index (χ0n) is 8.12. The molecule has 78 valence electrons. The van der Waals surface area contributed by atoms with E-state index in [2.05, 4.69) is 5.32 Å². The predicted molar refractivity (Wildman–Crippen MR) is 59.9 cm³/mol. The molecule has 0 radical (unpaired) electrons. The van der Waals surface area contributed by atoms with E-state index in [0.717, 1.165) is 5.69 Å². The molecule has 1 heterocycles. The van der Waals surface area contributed by atoms with Gasteiger partial charge in [-0.1, -0.05) is 29.8 Å². The number of para-hydroxylation sites is 1. The molecule has 1 aromatic carbocycles. The Labute approximate surface area is 92.4 Å². The van der Waals surface area contributed by atoms with Crippen molar-refractivity contribution in [2.75, 3.05) is 5.32 Å². The summed E-state index contributed by atoms with van der Waals surface area (Å²) in [7, 11) is 0. The number of nitrogens with one attached hydrogen (secondary N) is 1. The van der Waals surface area contributed by atoms with E-state index in [4.69, 9.17) is 16.7 Å². The number of carbonyl (C=O) groups is 1. The Bertz CT molecular complexity index is 452. The number of aliphatic carboxylic acids is 1. The molecule has 2 rings (SSSR count). The van der Waals surface area contributed by atoms with E-state index in [1.807, 2.05) is 12.1 Å². The molecule has 3 nitrogen and oxygen atoms in total. The summed E-state index contributed by atoms with van der Waals surface area (Å²) in [5, 5.41) is 12.1. The van der Waals surface area contributed by atoms with Crippen LogP contribution in [0.2, 0.25) is 0 Å². The molecule has 0 saturated heterocycles. The van der Waals surface area contributed by atoms with Crippen LogP contribution in [0.3, 0.4) is 0 Å². The summed E-state index contributed by atoms with van der Waals surface area (Å²) in [6.07, 6.45) is 1.51. The first kappa shape index (κ1) is 10.1. The van der Waals surface area contributed by atoms with Crippen LogP contribution in [-0.2, 0) is 4.79 Å². The highest BCUT2D eigenvalue weighted by Crippen LogP contribution is 2.35. The van der Waals surface area contributed by atoms with Crippen molar-refractivity contribution in [1.82, 2.24) is 0 Å². The first-order valence-corrected chi connectivity index (χ1v) is 4.90. The third kappa shape index (κ3) is 1.83. The van der Waals surface area contributed by atoms with Crippen LogP contribution in [-0.4, -0.2) is 16.1 Å². The molecule has 0 bridgehead atoms. The molecule has 1 aliphatic rings. The SMILES string of the molecule is CC1(Cl)C=C(C(=O)O)c2ccccc2N1. The number of carboxylic acids is 1. The van der Waals surface area contributed by atoms with Crippen LogP contribution in [0.4, 0.5) is 5.69 Å². The van der Waals surface area contributed by atoms with Crippen molar-refractivity contribution >= 4 is 28.8 Å². The predicted octanol–water partition coefficient (Wildman–Crippen LogP) is 2.54. The number of anilines is 1. The largest absolute Gasteiger partial charge is 0.478 e. The van der Waals surface area contributed by atoms with Gasteiger partial charge in [0.2, 0.25) is 0 Å². The first-order valence-electron chi connectivity index (χ1n) is 4.52. The smallest absolute Gasteiger partial charge is 0.336 e. The van der Waals surface area contributed by atoms with Gasteiger partial charge in [-0.3, -0.25) is 0 Å². The van der Waals surface area contributed by atoms with Gasteiger partial charge in [0, 0.05) is 11.3 Å². The Morgan fingerprint density at radius 1 is 1.47 bits per heavy atom. The number of halogens is 1. The zero-order valence-corrected chi connectivity index (χ0v) is 8.88. The second-order valence-corrected chi connectivity index (χ2v) is 4.39. The minimum atomic E-state index is -0.962. The second kappa shape index (κ2) is 3.28. The Balaban J connectivity index is 2.60. The Morgan fingerprint density at radius 2 is 2.13 bits per heavy atom. The van der Waals surface area contributed by atoms with Crippen LogP contribution in [0.1, 0.15) is 12.5 Å². The van der Waals surface area contributed by atoms with Crippen molar-refractivity contribution in [3.8, 4) is 0 Å². The molecular formula is C11H10ClNO2. The van der Waals surface area contributed by atoms with Crippen molar-refractivity contribution in [3.63, 3.8) is 0 Å². The van der Waals surface area contributed by atoms with E-state index < -0.39 is 11.0 Å². The van der Waals surface area contributed by atoms with Crippen molar-refractivity contribution < 1.29 is 9.90 Å². The maximum Gasteiger partial charge on any atom is 0.336 e. The van der Waals surface area contributed by atoms with Crippen molar-refractivity contribution in [3.05, 3.63) is 35.9 Å². The molecule has 0 aliphatic carbocycles. The van der Waals surface area contributed by atoms with E-state index in [1.54, 1.807) is 19.1 Å². The van der Waals surface area contributed by atoms with Crippen LogP contribution in [0.5, 0.6) is 0 Å². The molecule has 1 unspecified atom stereocenters. The van der Waals surface area contributed by atoms with E-state index in [1.165, 1.54) is 6.08 Å². The van der Waals surface area contributed by atoms with Gasteiger partial charge in [-0.05, 0) is 19.1 Å². The average Bonchev–Trinajstić information content (AvgIpc) is 2.14. The maximum absolute atomic E-state index is 11.1. The lowest BCUT2D eigenvalue weighted by Gasteiger charge is -2.28. The molecule has 0 fully saturated rings. The number of rotatable bonds is 1. The minimum absolute atomic E-state index is 0.238. The molecule has 15 heavy (non-hydrogen) atoms. The molecule has 4 heteroatoms. The Morgan fingerprint density at radius 3 is 2.80 bits per heavy atom.